The van der Waals surface area contributed by atoms with Crippen LogP contribution in [-0.4, -0.2) is 23.1 Å². The number of hydrogen-bond donors (Lipinski definition) is 1. The molecule has 1 aromatic heterocycles. The lowest BCUT2D eigenvalue weighted by Gasteiger charge is -2.27. The van der Waals surface area contributed by atoms with E-state index in [4.69, 9.17) is 5.73 Å². The first kappa shape index (κ1) is 13.6. The van der Waals surface area contributed by atoms with Crippen LogP contribution in [0.5, 0.6) is 0 Å². The molecular weight excluding hydrogens is 292 g/mol. The van der Waals surface area contributed by atoms with Gasteiger partial charge in [-0.05, 0) is 47.5 Å². The molecule has 0 radical (unpaired) electrons. The van der Waals surface area contributed by atoms with Crippen molar-refractivity contribution < 1.29 is 0 Å². The van der Waals surface area contributed by atoms with Crippen LogP contribution in [-0.2, 0) is 6.42 Å². The Morgan fingerprint density at radius 3 is 2.50 bits per heavy atom. The number of nitrogens with zero attached hydrogens (tertiary/aromatic N) is 3. The Labute approximate surface area is 117 Å². The Bertz CT molecular complexity index is 414. The molecule has 0 saturated carbocycles. The number of nitrogen functional groups attached to an aromatic ring is 1. The highest BCUT2D eigenvalue weighted by Gasteiger charge is 2.17. The minimum absolute atomic E-state index is 0.557. The van der Waals surface area contributed by atoms with Crippen molar-refractivity contribution in [2.24, 2.45) is 5.92 Å². The fourth-order valence-corrected chi connectivity index (χ4v) is 2.60. The molecule has 5 heteroatoms. The van der Waals surface area contributed by atoms with Gasteiger partial charge in [0.1, 0.15) is 5.82 Å². The van der Waals surface area contributed by atoms with Gasteiger partial charge in [-0.15, -0.1) is 0 Å². The Balaban J connectivity index is 2.27. The SMILES string of the molecule is CC(C)Cc1nc(N2CCCCC2)nc(N)c1Br. The maximum atomic E-state index is 5.98. The summed E-state index contributed by atoms with van der Waals surface area (Å²) in [6.07, 6.45) is 4.67. The highest BCUT2D eigenvalue weighted by atomic mass is 79.9. The highest BCUT2D eigenvalue weighted by molar-refractivity contribution is 9.10. The van der Waals surface area contributed by atoms with E-state index < -0.39 is 0 Å². The van der Waals surface area contributed by atoms with E-state index in [9.17, 15) is 0 Å². The maximum Gasteiger partial charge on any atom is 0.227 e. The van der Waals surface area contributed by atoms with Crippen LogP contribution in [0.25, 0.3) is 0 Å². The van der Waals surface area contributed by atoms with E-state index in [2.05, 4.69) is 44.6 Å². The van der Waals surface area contributed by atoms with Crippen molar-refractivity contribution in [2.45, 2.75) is 39.5 Å². The van der Waals surface area contributed by atoms with Gasteiger partial charge in [0.15, 0.2) is 0 Å². The molecular formula is C13H21BrN4. The summed E-state index contributed by atoms with van der Waals surface area (Å²) in [6, 6.07) is 0. The van der Waals surface area contributed by atoms with Gasteiger partial charge in [0.05, 0.1) is 10.2 Å². The van der Waals surface area contributed by atoms with Gasteiger partial charge in [0.25, 0.3) is 0 Å². The average Bonchev–Trinajstić information content (AvgIpc) is 2.35. The third-order valence-electron chi connectivity index (χ3n) is 3.17. The molecule has 1 aliphatic rings. The first-order chi connectivity index (χ1) is 8.58. The summed E-state index contributed by atoms with van der Waals surface area (Å²) in [6.45, 7) is 6.46. The number of nitrogens with two attached hydrogens (primary N) is 1. The molecule has 2 N–H and O–H groups in total. The van der Waals surface area contributed by atoms with Crippen molar-refractivity contribution in [3.63, 3.8) is 0 Å². The van der Waals surface area contributed by atoms with Crippen molar-refractivity contribution in [3.8, 4) is 0 Å². The van der Waals surface area contributed by atoms with E-state index in [0.717, 1.165) is 35.6 Å². The van der Waals surface area contributed by atoms with Crippen molar-refractivity contribution in [1.82, 2.24) is 9.97 Å². The number of hydrogen-bond acceptors (Lipinski definition) is 4. The summed E-state index contributed by atoms with van der Waals surface area (Å²) in [7, 11) is 0. The summed E-state index contributed by atoms with van der Waals surface area (Å²) < 4.78 is 0.858. The first-order valence-corrected chi connectivity index (χ1v) is 7.44. The van der Waals surface area contributed by atoms with E-state index in [1.165, 1.54) is 19.3 Å². The van der Waals surface area contributed by atoms with E-state index in [-0.39, 0.29) is 0 Å². The zero-order chi connectivity index (χ0) is 13.1. The molecule has 0 unspecified atom stereocenters. The van der Waals surface area contributed by atoms with Gasteiger partial charge >= 0.3 is 0 Å². The van der Waals surface area contributed by atoms with Crippen LogP contribution in [0.15, 0.2) is 4.47 Å². The molecule has 1 fully saturated rings. The molecule has 2 heterocycles. The van der Waals surface area contributed by atoms with Crippen LogP contribution < -0.4 is 10.6 Å². The molecule has 0 spiro atoms. The molecule has 18 heavy (non-hydrogen) atoms. The van der Waals surface area contributed by atoms with Crippen molar-refractivity contribution in [3.05, 3.63) is 10.2 Å². The number of rotatable bonds is 3. The Morgan fingerprint density at radius 2 is 1.89 bits per heavy atom. The van der Waals surface area contributed by atoms with Crippen LogP contribution in [0, 0.1) is 5.92 Å². The van der Waals surface area contributed by atoms with Gasteiger partial charge in [0, 0.05) is 13.1 Å². The molecule has 0 aliphatic carbocycles. The second-order valence-corrected chi connectivity index (χ2v) is 6.11. The summed E-state index contributed by atoms with van der Waals surface area (Å²) in [5.41, 5.74) is 7.01. The van der Waals surface area contributed by atoms with Crippen molar-refractivity contribution >= 4 is 27.7 Å². The van der Waals surface area contributed by atoms with E-state index in [1.807, 2.05) is 0 Å². The summed E-state index contributed by atoms with van der Waals surface area (Å²) in [5.74, 6) is 1.91. The Kier molecular flexibility index (Phi) is 4.43. The quantitative estimate of drug-likeness (QED) is 0.932. The van der Waals surface area contributed by atoms with Gasteiger partial charge < -0.3 is 10.6 Å². The fourth-order valence-electron chi connectivity index (χ4n) is 2.26. The fraction of sp³-hybridized carbons (Fsp3) is 0.692. The second kappa shape index (κ2) is 5.87. The minimum Gasteiger partial charge on any atom is -0.383 e. The minimum atomic E-state index is 0.557. The second-order valence-electron chi connectivity index (χ2n) is 5.32. The zero-order valence-electron chi connectivity index (χ0n) is 11.1. The predicted molar refractivity (Wildman–Crippen MR) is 78.8 cm³/mol. The van der Waals surface area contributed by atoms with Crippen LogP contribution in [0.3, 0.4) is 0 Å². The molecule has 0 atom stereocenters. The number of halogens is 1. The van der Waals surface area contributed by atoms with Crippen LogP contribution in [0.1, 0.15) is 38.8 Å². The molecule has 1 saturated heterocycles. The lowest BCUT2D eigenvalue weighted by molar-refractivity contribution is 0.565. The molecule has 100 valence electrons. The van der Waals surface area contributed by atoms with Gasteiger partial charge in [0.2, 0.25) is 5.95 Å². The molecule has 4 nitrogen and oxygen atoms in total. The average molecular weight is 313 g/mol. The van der Waals surface area contributed by atoms with Gasteiger partial charge in [-0.2, -0.15) is 4.98 Å². The maximum absolute atomic E-state index is 5.98. The van der Waals surface area contributed by atoms with Crippen molar-refractivity contribution in [1.29, 1.82) is 0 Å². The van der Waals surface area contributed by atoms with Crippen LogP contribution in [0.4, 0.5) is 11.8 Å². The van der Waals surface area contributed by atoms with E-state index in [0.29, 0.717) is 11.7 Å². The third-order valence-corrected chi connectivity index (χ3v) is 4.04. The van der Waals surface area contributed by atoms with Crippen molar-refractivity contribution in [2.75, 3.05) is 23.7 Å². The number of aromatic nitrogens is 2. The van der Waals surface area contributed by atoms with E-state index >= 15 is 0 Å². The third kappa shape index (κ3) is 3.13. The Hall–Kier alpha value is -0.840. The standard InChI is InChI=1S/C13H21BrN4/c1-9(2)8-10-11(14)12(15)17-13(16-10)18-6-4-3-5-7-18/h9H,3-8H2,1-2H3,(H2,15,16,17). The zero-order valence-corrected chi connectivity index (χ0v) is 12.7. The van der Waals surface area contributed by atoms with Crippen LogP contribution >= 0.6 is 15.9 Å². The van der Waals surface area contributed by atoms with E-state index in [1.54, 1.807) is 0 Å². The van der Waals surface area contributed by atoms with Gasteiger partial charge in [-0.25, -0.2) is 4.98 Å². The number of anilines is 2. The predicted octanol–water partition coefficient (Wildman–Crippen LogP) is 3.01. The molecule has 0 amide bonds. The lowest BCUT2D eigenvalue weighted by atomic mass is 10.1. The smallest absolute Gasteiger partial charge is 0.227 e. The topological polar surface area (TPSA) is 55.0 Å². The summed E-state index contributed by atoms with van der Waals surface area (Å²) >= 11 is 3.50. The summed E-state index contributed by atoms with van der Waals surface area (Å²) in [4.78, 5) is 11.3. The largest absolute Gasteiger partial charge is 0.383 e. The molecule has 2 rings (SSSR count). The lowest BCUT2D eigenvalue weighted by Crippen LogP contribution is -2.31. The Morgan fingerprint density at radius 1 is 1.22 bits per heavy atom. The summed E-state index contributed by atoms with van der Waals surface area (Å²) in [5, 5.41) is 0. The molecule has 1 aromatic rings. The highest BCUT2D eigenvalue weighted by Crippen LogP contribution is 2.27. The monoisotopic (exact) mass is 312 g/mol. The molecule has 0 aromatic carbocycles. The molecule has 1 aliphatic heterocycles. The number of piperidine rings is 1. The van der Waals surface area contributed by atoms with Crippen LogP contribution in [0.2, 0.25) is 0 Å². The van der Waals surface area contributed by atoms with Gasteiger partial charge in [-0.3, -0.25) is 0 Å². The normalized spacial score (nSPS) is 16.3. The molecule has 0 bridgehead atoms. The van der Waals surface area contributed by atoms with Gasteiger partial charge in [-0.1, -0.05) is 13.8 Å². The first-order valence-electron chi connectivity index (χ1n) is 6.64.